The monoisotopic (exact) mass is 446 g/mol. The van der Waals surface area contributed by atoms with E-state index in [1.165, 1.54) is 45.0 Å². The summed E-state index contributed by atoms with van der Waals surface area (Å²) < 4.78 is 36.2. The van der Waals surface area contributed by atoms with Gasteiger partial charge in [-0.25, -0.2) is 17.5 Å². The molecule has 1 fully saturated rings. The highest BCUT2D eigenvalue weighted by molar-refractivity contribution is 7.89. The zero-order valence-corrected chi connectivity index (χ0v) is 18.6. The highest BCUT2D eigenvalue weighted by Crippen LogP contribution is 2.47. The third kappa shape index (κ3) is 5.05. The van der Waals surface area contributed by atoms with Gasteiger partial charge >= 0.3 is 5.97 Å². The van der Waals surface area contributed by atoms with Gasteiger partial charge in [-0.3, -0.25) is 4.79 Å². The number of carbonyl (C=O) groups is 2. The van der Waals surface area contributed by atoms with Crippen molar-refractivity contribution >= 4 is 21.9 Å². The Morgan fingerprint density at radius 3 is 2.35 bits per heavy atom. The number of rotatable bonds is 9. The van der Waals surface area contributed by atoms with Crippen molar-refractivity contribution in [1.29, 1.82) is 0 Å². The fraction of sp³-hybridized carbons (Fsp3) is 0.364. The summed E-state index contributed by atoms with van der Waals surface area (Å²) in [6.45, 7) is 0.0205. The summed E-state index contributed by atoms with van der Waals surface area (Å²) in [5.74, 6) is -1.10. The van der Waals surface area contributed by atoms with Gasteiger partial charge in [0.15, 0.2) is 6.61 Å². The summed E-state index contributed by atoms with van der Waals surface area (Å²) in [7, 11) is 0.274. The molecule has 1 aliphatic carbocycles. The van der Waals surface area contributed by atoms with Crippen LogP contribution < -0.4 is 10.1 Å². The Hall–Kier alpha value is -2.91. The maximum Gasteiger partial charge on any atom is 0.338 e. The number of hydrogen-bond acceptors (Lipinski definition) is 6. The molecule has 0 aromatic heterocycles. The van der Waals surface area contributed by atoms with Gasteiger partial charge in [0.05, 0.1) is 12.7 Å². The van der Waals surface area contributed by atoms with Crippen molar-refractivity contribution in [3.63, 3.8) is 0 Å². The van der Waals surface area contributed by atoms with Crippen LogP contribution in [0.15, 0.2) is 53.4 Å². The fourth-order valence-electron chi connectivity index (χ4n) is 3.25. The maximum absolute atomic E-state index is 12.5. The molecule has 0 radical (unpaired) electrons. The molecule has 1 amide bonds. The standard InChI is InChI=1S/C22H26N2O6S/c1-24(2)31(27,28)19-13-16(9-10-18(19)29-3)21(26)30-14-20(25)23-15-22(11-12-22)17-7-5-4-6-8-17/h4-10,13H,11-12,14-15H2,1-3H3,(H,23,25). The van der Waals surface area contributed by atoms with Crippen molar-refractivity contribution in [2.24, 2.45) is 0 Å². The first-order valence-electron chi connectivity index (χ1n) is 9.79. The van der Waals surface area contributed by atoms with Crippen molar-refractivity contribution < 1.29 is 27.5 Å². The van der Waals surface area contributed by atoms with Crippen LogP contribution >= 0.6 is 0 Å². The Balaban J connectivity index is 1.60. The van der Waals surface area contributed by atoms with Crippen LogP contribution in [0.3, 0.4) is 0 Å². The number of esters is 1. The molecular formula is C22H26N2O6S. The summed E-state index contributed by atoms with van der Waals surface area (Å²) in [5.41, 5.74) is 1.14. The zero-order chi connectivity index (χ0) is 22.6. The maximum atomic E-state index is 12.5. The Labute approximate surface area is 182 Å². The summed E-state index contributed by atoms with van der Waals surface area (Å²) in [5, 5.41) is 2.82. The molecule has 0 aliphatic heterocycles. The van der Waals surface area contributed by atoms with Gasteiger partial charge in [-0.05, 0) is 36.6 Å². The van der Waals surface area contributed by atoms with E-state index in [0.717, 1.165) is 17.1 Å². The van der Waals surface area contributed by atoms with E-state index in [9.17, 15) is 18.0 Å². The molecule has 3 rings (SSSR count). The van der Waals surface area contributed by atoms with Gasteiger partial charge in [-0.15, -0.1) is 0 Å². The normalized spacial score (nSPS) is 14.7. The van der Waals surface area contributed by atoms with E-state index in [-0.39, 0.29) is 21.6 Å². The van der Waals surface area contributed by atoms with Crippen LogP contribution in [0.5, 0.6) is 5.75 Å². The molecule has 31 heavy (non-hydrogen) atoms. The molecule has 2 aromatic carbocycles. The van der Waals surface area contributed by atoms with Crippen LogP contribution in [0.1, 0.15) is 28.8 Å². The molecule has 166 valence electrons. The molecular weight excluding hydrogens is 420 g/mol. The number of ether oxygens (including phenoxy) is 2. The molecule has 0 bridgehead atoms. The molecule has 0 atom stereocenters. The number of methoxy groups -OCH3 is 1. The number of hydrogen-bond donors (Lipinski definition) is 1. The Kier molecular flexibility index (Phi) is 6.66. The Bertz CT molecular complexity index is 1060. The number of benzene rings is 2. The lowest BCUT2D eigenvalue weighted by molar-refractivity contribution is -0.124. The summed E-state index contributed by atoms with van der Waals surface area (Å²) >= 11 is 0. The third-order valence-corrected chi connectivity index (χ3v) is 7.19. The average molecular weight is 447 g/mol. The van der Waals surface area contributed by atoms with Crippen LogP contribution in [0.4, 0.5) is 0 Å². The smallest absolute Gasteiger partial charge is 0.338 e. The van der Waals surface area contributed by atoms with Gasteiger partial charge in [0, 0.05) is 26.1 Å². The van der Waals surface area contributed by atoms with Crippen molar-refractivity contribution in [2.75, 3.05) is 34.4 Å². The van der Waals surface area contributed by atoms with Crippen molar-refractivity contribution in [3.05, 3.63) is 59.7 Å². The van der Waals surface area contributed by atoms with E-state index < -0.39 is 28.5 Å². The van der Waals surface area contributed by atoms with Gasteiger partial charge in [-0.1, -0.05) is 30.3 Å². The highest BCUT2D eigenvalue weighted by Gasteiger charge is 2.44. The van der Waals surface area contributed by atoms with Gasteiger partial charge < -0.3 is 14.8 Å². The van der Waals surface area contributed by atoms with Gasteiger partial charge in [0.1, 0.15) is 10.6 Å². The second-order valence-corrected chi connectivity index (χ2v) is 9.77. The minimum Gasteiger partial charge on any atom is -0.495 e. The van der Waals surface area contributed by atoms with E-state index in [1.54, 1.807) is 0 Å². The van der Waals surface area contributed by atoms with E-state index in [4.69, 9.17) is 9.47 Å². The molecule has 1 saturated carbocycles. The molecule has 0 spiro atoms. The van der Waals surface area contributed by atoms with E-state index in [2.05, 4.69) is 5.32 Å². The van der Waals surface area contributed by atoms with Gasteiger partial charge in [0.25, 0.3) is 5.91 Å². The minimum atomic E-state index is -3.83. The van der Waals surface area contributed by atoms with Crippen LogP contribution in [0.25, 0.3) is 0 Å². The largest absolute Gasteiger partial charge is 0.495 e. The first-order chi connectivity index (χ1) is 14.7. The number of sulfonamides is 1. The van der Waals surface area contributed by atoms with Crippen molar-refractivity contribution in [2.45, 2.75) is 23.2 Å². The molecule has 0 unspecified atom stereocenters. The molecule has 0 heterocycles. The van der Waals surface area contributed by atoms with Crippen LogP contribution in [-0.2, 0) is 25.0 Å². The van der Waals surface area contributed by atoms with Gasteiger partial charge in [0.2, 0.25) is 10.0 Å². The lowest BCUT2D eigenvalue weighted by atomic mass is 9.96. The first-order valence-corrected chi connectivity index (χ1v) is 11.2. The highest BCUT2D eigenvalue weighted by atomic mass is 32.2. The molecule has 1 N–H and O–H groups in total. The lowest BCUT2D eigenvalue weighted by Crippen LogP contribution is -2.35. The van der Waals surface area contributed by atoms with Crippen LogP contribution in [0, 0.1) is 0 Å². The summed E-state index contributed by atoms with van der Waals surface area (Å²) in [6.07, 6.45) is 1.98. The van der Waals surface area contributed by atoms with Crippen molar-refractivity contribution in [3.8, 4) is 5.75 Å². The van der Waals surface area contributed by atoms with E-state index >= 15 is 0 Å². The minimum absolute atomic E-state index is 0.0111. The summed E-state index contributed by atoms with van der Waals surface area (Å²) in [6, 6.07) is 13.9. The molecule has 2 aromatic rings. The molecule has 0 saturated heterocycles. The third-order valence-electron chi connectivity index (χ3n) is 5.36. The van der Waals surface area contributed by atoms with Crippen molar-refractivity contribution in [1.82, 2.24) is 9.62 Å². The second-order valence-electron chi connectivity index (χ2n) is 7.65. The molecule has 9 heteroatoms. The fourth-order valence-corrected chi connectivity index (χ4v) is 4.32. The predicted octanol–water partition coefficient (Wildman–Crippen LogP) is 1.95. The lowest BCUT2D eigenvalue weighted by Gasteiger charge is -2.17. The van der Waals surface area contributed by atoms with E-state index in [0.29, 0.717) is 6.54 Å². The number of carbonyl (C=O) groups excluding carboxylic acids is 2. The Morgan fingerprint density at radius 2 is 1.77 bits per heavy atom. The average Bonchev–Trinajstić information content (AvgIpc) is 3.57. The van der Waals surface area contributed by atoms with Crippen LogP contribution in [-0.4, -0.2) is 59.0 Å². The SMILES string of the molecule is COc1ccc(C(=O)OCC(=O)NCC2(c3ccccc3)CC2)cc1S(=O)(=O)N(C)C. The number of amides is 1. The second kappa shape index (κ2) is 9.07. The summed E-state index contributed by atoms with van der Waals surface area (Å²) in [4.78, 5) is 24.4. The number of nitrogens with one attached hydrogen (secondary N) is 1. The molecule has 1 aliphatic rings. The Morgan fingerprint density at radius 1 is 1.10 bits per heavy atom. The molecule has 8 nitrogen and oxygen atoms in total. The van der Waals surface area contributed by atoms with Gasteiger partial charge in [-0.2, -0.15) is 0 Å². The zero-order valence-electron chi connectivity index (χ0n) is 17.8. The topological polar surface area (TPSA) is 102 Å². The van der Waals surface area contributed by atoms with Crippen LogP contribution in [0.2, 0.25) is 0 Å². The quantitative estimate of drug-likeness (QED) is 0.591. The van der Waals surface area contributed by atoms with E-state index in [1.807, 2.05) is 30.3 Å². The first kappa shape index (κ1) is 22.8. The number of nitrogens with zero attached hydrogens (tertiary/aromatic N) is 1. The predicted molar refractivity (Wildman–Crippen MR) is 115 cm³/mol.